The molecule has 0 unspecified atom stereocenters. The molecule has 2 saturated heterocycles. The number of carbonyl (C=O) groups excluding carboxylic acids is 2. The van der Waals surface area contributed by atoms with Gasteiger partial charge in [-0.15, -0.1) is 6.58 Å². The number of hydrogen-bond donors (Lipinski definition) is 1. The molecule has 0 radical (unpaired) electrons. The third-order valence-electron chi connectivity index (χ3n) is 4.58. The van der Waals surface area contributed by atoms with E-state index in [0.29, 0.717) is 12.3 Å². The molecular weight excluding hydrogens is 268 g/mol. The predicted molar refractivity (Wildman–Crippen MR) is 80.6 cm³/mol. The number of carbonyl (C=O) groups is 2. The summed E-state index contributed by atoms with van der Waals surface area (Å²) < 4.78 is 4.93. The largest absolute Gasteiger partial charge is 0.469 e. The maximum atomic E-state index is 11.9. The van der Waals surface area contributed by atoms with Crippen molar-refractivity contribution < 1.29 is 14.3 Å². The molecule has 5 heteroatoms. The number of likely N-dealkylation sites (tertiary alicyclic amines) is 1. The van der Waals surface area contributed by atoms with Crippen LogP contribution < -0.4 is 5.32 Å². The molecule has 2 heterocycles. The van der Waals surface area contributed by atoms with Crippen LogP contribution >= 0.6 is 0 Å². The minimum Gasteiger partial charge on any atom is -0.469 e. The van der Waals surface area contributed by atoms with Gasteiger partial charge in [-0.05, 0) is 31.6 Å². The van der Waals surface area contributed by atoms with Crippen LogP contribution in [0.25, 0.3) is 0 Å². The summed E-state index contributed by atoms with van der Waals surface area (Å²) in [6.45, 7) is 6.35. The number of esters is 1. The van der Waals surface area contributed by atoms with Gasteiger partial charge in [0.25, 0.3) is 0 Å². The number of hydrogen-bond acceptors (Lipinski definition) is 4. The average molecular weight is 294 g/mol. The molecule has 0 bridgehead atoms. The second-order valence-corrected chi connectivity index (χ2v) is 6.12. The minimum absolute atomic E-state index is 0.0857. The SMILES string of the molecule is C=CCCN1C[C@@H](C(=O)OC)C[C@@H]([C@H]2CCCC(=O)N2)C1. The van der Waals surface area contributed by atoms with Gasteiger partial charge in [-0.2, -0.15) is 0 Å². The van der Waals surface area contributed by atoms with E-state index in [9.17, 15) is 9.59 Å². The smallest absolute Gasteiger partial charge is 0.309 e. The first-order valence-electron chi connectivity index (χ1n) is 7.84. The first-order chi connectivity index (χ1) is 10.1. The van der Waals surface area contributed by atoms with Gasteiger partial charge in [0.1, 0.15) is 0 Å². The third-order valence-corrected chi connectivity index (χ3v) is 4.58. The molecule has 0 spiro atoms. The van der Waals surface area contributed by atoms with Gasteiger partial charge in [-0.1, -0.05) is 6.08 Å². The highest BCUT2D eigenvalue weighted by Crippen LogP contribution is 2.29. The zero-order valence-electron chi connectivity index (χ0n) is 12.8. The van der Waals surface area contributed by atoms with Crippen molar-refractivity contribution in [3.8, 4) is 0 Å². The minimum atomic E-state index is -0.134. The van der Waals surface area contributed by atoms with Crippen LogP contribution in [0, 0.1) is 11.8 Å². The molecule has 2 fully saturated rings. The Labute approximate surface area is 126 Å². The van der Waals surface area contributed by atoms with E-state index < -0.39 is 0 Å². The molecule has 2 rings (SSSR count). The molecule has 2 aliphatic heterocycles. The van der Waals surface area contributed by atoms with Crippen molar-refractivity contribution >= 4 is 11.9 Å². The van der Waals surface area contributed by atoms with Gasteiger partial charge >= 0.3 is 5.97 Å². The number of nitrogens with zero attached hydrogens (tertiary/aromatic N) is 1. The first-order valence-corrected chi connectivity index (χ1v) is 7.84. The van der Waals surface area contributed by atoms with Crippen molar-refractivity contribution in [3.05, 3.63) is 12.7 Å². The van der Waals surface area contributed by atoms with Crippen LogP contribution in [0.4, 0.5) is 0 Å². The fraction of sp³-hybridized carbons (Fsp3) is 0.750. The fourth-order valence-corrected chi connectivity index (χ4v) is 3.50. The van der Waals surface area contributed by atoms with Gasteiger partial charge in [-0.25, -0.2) is 0 Å². The molecule has 0 aromatic heterocycles. The van der Waals surface area contributed by atoms with Gasteiger partial charge in [0.15, 0.2) is 0 Å². The van der Waals surface area contributed by atoms with E-state index in [0.717, 1.165) is 45.3 Å². The quantitative estimate of drug-likeness (QED) is 0.614. The summed E-state index contributed by atoms with van der Waals surface area (Å²) in [4.78, 5) is 25.8. The van der Waals surface area contributed by atoms with Gasteiger partial charge in [0.2, 0.25) is 5.91 Å². The van der Waals surface area contributed by atoms with Crippen LogP contribution in [0.5, 0.6) is 0 Å². The molecule has 0 aliphatic carbocycles. The van der Waals surface area contributed by atoms with E-state index in [1.165, 1.54) is 7.11 Å². The lowest BCUT2D eigenvalue weighted by Crippen LogP contribution is -2.52. The predicted octanol–water partition coefficient (Wildman–Crippen LogP) is 1.34. The van der Waals surface area contributed by atoms with Gasteiger partial charge in [0.05, 0.1) is 13.0 Å². The molecule has 1 amide bonds. The van der Waals surface area contributed by atoms with E-state index in [1.54, 1.807) is 0 Å². The summed E-state index contributed by atoms with van der Waals surface area (Å²) in [5.74, 6) is 0.254. The van der Waals surface area contributed by atoms with Gasteiger partial charge in [0, 0.05) is 32.1 Å². The Kier molecular flexibility index (Phi) is 5.79. The monoisotopic (exact) mass is 294 g/mol. The Morgan fingerprint density at radius 1 is 1.52 bits per heavy atom. The number of rotatable bonds is 5. The van der Waals surface area contributed by atoms with Crippen molar-refractivity contribution in [3.63, 3.8) is 0 Å². The summed E-state index contributed by atoms with van der Waals surface area (Å²) in [6.07, 6.45) is 6.21. The summed E-state index contributed by atoms with van der Waals surface area (Å²) in [5, 5.41) is 3.10. The highest BCUT2D eigenvalue weighted by atomic mass is 16.5. The van der Waals surface area contributed by atoms with Crippen LogP contribution in [0.2, 0.25) is 0 Å². The van der Waals surface area contributed by atoms with Gasteiger partial charge in [-0.3, -0.25) is 9.59 Å². The fourth-order valence-electron chi connectivity index (χ4n) is 3.50. The molecule has 0 aromatic carbocycles. The molecule has 2 aliphatic rings. The Morgan fingerprint density at radius 3 is 3.00 bits per heavy atom. The number of piperidine rings is 2. The number of nitrogens with one attached hydrogen (secondary N) is 1. The Bertz CT molecular complexity index is 397. The highest BCUT2D eigenvalue weighted by molar-refractivity contribution is 5.77. The number of methoxy groups -OCH3 is 1. The zero-order valence-corrected chi connectivity index (χ0v) is 12.8. The van der Waals surface area contributed by atoms with Crippen molar-refractivity contribution in [1.29, 1.82) is 0 Å². The topological polar surface area (TPSA) is 58.6 Å². The molecule has 0 aromatic rings. The maximum absolute atomic E-state index is 11.9. The normalized spacial score (nSPS) is 30.5. The van der Waals surface area contributed by atoms with E-state index in [2.05, 4.69) is 16.8 Å². The second-order valence-electron chi connectivity index (χ2n) is 6.12. The van der Waals surface area contributed by atoms with Crippen molar-refractivity contribution in [2.75, 3.05) is 26.7 Å². The zero-order chi connectivity index (χ0) is 15.2. The standard InChI is InChI=1S/C16H26N2O3/c1-3-4-8-18-10-12(9-13(11-18)16(20)21-2)14-6-5-7-15(19)17-14/h3,12-14H,1,4-11H2,2H3,(H,17,19)/t12-,13+,14-/m1/s1. The third kappa shape index (κ3) is 4.30. The summed E-state index contributed by atoms with van der Waals surface area (Å²) >= 11 is 0. The lowest BCUT2D eigenvalue weighted by atomic mass is 9.81. The molecule has 118 valence electrons. The van der Waals surface area contributed by atoms with E-state index >= 15 is 0 Å². The second kappa shape index (κ2) is 7.59. The summed E-state index contributed by atoms with van der Waals surface area (Å²) in [6, 6.07) is 0.199. The van der Waals surface area contributed by atoms with Gasteiger partial charge < -0.3 is 15.0 Å². The van der Waals surface area contributed by atoms with Crippen LogP contribution in [0.15, 0.2) is 12.7 Å². The molecule has 3 atom stereocenters. The average Bonchev–Trinajstić information content (AvgIpc) is 2.51. The van der Waals surface area contributed by atoms with Crippen LogP contribution in [0.1, 0.15) is 32.1 Å². The molecule has 5 nitrogen and oxygen atoms in total. The lowest BCUT2D eigenvalue weighted by molar-refractivity contribution is -0.148. The van der Waals surface area contributed by atoms with Crippen molar-refractivity contribution in [2.45, 2.75) is 38.1 Å². The Morgan fingerprint density at radius 2 is 2.33 bits per heavy atom. The Hall–Kier alpha value is -1.36. The maximum Gasteiger partial charge on any atom is 0.309 e. The Balaban J connectivity index is 2.02. The summed E-state index contributed by atoms with van der Waals surface area (Å²) in [5.41, 5.74) is 0. The van der Waals surface area contributed by atoms with Crippen molar-refractivity contribution in [2.24, 2.45) is 11.8 Å². The molecular formula is C16H26N2O3. The molecule has 0 saturated carbocycles. The number of ether oxygens (including phenoxy) is 1. The molecule has 21 heavy (non-hydrogen) atoms. The van der Waals surface area contributed by atoms with Crippen LogP contribution in [0.3, 0.4) is 0 Å². The van der Waals surface area contributed by atoms with E-state index in [-0.39, 0.29) is 23.8 Å². The van der Waals surface area contributed by atoms with E-state index in [1.807, 2.05) is 6.08 Å². The summed E-state index contributed by atoms with van der Waals surface area (Å²) in [7, 11) is 1.45. The number of amides is 1. The van der Waals surface area contributed by atoms with E-state index in [4.69, 9.17) is 4.74 Å². The first kappa shape index (κ1) is 16.0. The lowest BCUT2D eigenvalue weighted by Gasteiger charge is -2.41. The van der Waals surface area contributed by atoms with Crippen molar-refractivity contribution in [1.82, 2.24) is 10.2 Å². The van der Waals surface area contributed by atoms with Crippen LogP contribution in [-0.4, -0.2) is 49.6 Å². The molecule has 1 N–H and O–H groups in total. The van der Waals surface area contributed by atoms with Crippen LogP contribution in [-0.2, 0) is 14.3 Å². The highest BCUT2D eigenvalue weighted by Gasteiger charge is 2.37.